The second-order valence-corrected chi connectivity index (χ2v) is 10.0. The summed E-state index contributed by atoms with van der Waals surface area (Å²) in [6.45, 7) is 5.50. The maximum Gasteiger partial charge on any atom is 0.264 e. The monoisotopic (exact) mass is 470 g/mol. The van der Waals surface area contributed by atoms with Gasteiger partial charge in [0.15, 0.2) is 0 Å². The van der Waals surface area contributed by atoms with Crippen molar-refractivity contribution in [2.45, 2.75) is 38.1 Å². The van der Waals surface area contributed by atoms with E-state index >= 15 is 0 Å². The summed E-state index contributed by atoms with van der Waals surface area (Å²) in [6, 6.07) is 20.7. The molecule has 0 aliphatic carbocycles. The first kappa shape index (κ1) is 23.8. The molecule has 0 aliphatic rings. The number of hydrogen-bond donors (Lipinski definition) is 1. The predicted molar refractivity (Wildman–Crippen MR) is 130 cm³/mol. The van der Waals surface area contributed by atoms with Crippen LogP contribution in [0.25, 0.3) is 0 Å². The number of amides is 1. The quantitative estimate of drug-likeness (QED) is 0.478. The number of anilines is 1. The van der Waals surface area contributed by atoms with Crippen LogP contribution in [-0.4, -0.2) is 20.9 Å². The molecular weight excluding hydrogens is 444 g/mol. The molecule has 1 N–H and O–H groups in total. The molecule has 0 bridgehead atoms. The molecule has 32 heavy (non-hydrogen) atoms. The van der Waals surface area contributed by atoms with Crippen LogP contribution < -0.4 is 9.62 Å². The van der Waals surface area contributed by atoms with Crippen LogP contribution in [-0.2, 0) is 14.8 Å². The molecule has 168 valence electrons. The van der Waals surface area contributed by atoms with Crippen molar-refractivity contribution in [2.24, 2.45) is 0 Å². The number of aryl methyl sites for hydroxylation is 2. The summed E-state index contributed by atoms with van der Waals surface area (Å²) in [5.41, 5.74) is 3.38. The summed E-state index contributed by atoms with van der Waals surface area (Å²) < 4.78 is 28.0. The lowest BCUT2D eigenvalue weighted by atomic mass is 10.0. The van der Waals surface area contributed by atoms with Crippen LogP contribution in [0.15, 0.2) is 77.7 Å². The fourth-order valence-electron chi connectivity index (χ4n) is 3.37. The van der Waals surface area contributed by atoms with Crippen molar-refractivity contribution in [1.29, 1.82) is 0 Å². The minimum atomic E-state index is -3.98. The van der Waals surface area contributed by atoms with E-state index in [0.717, 1.165) is 21.0 Å². The topological polar surface area (TPSA) is 66.5 Å². The molecule has 1 atom stereocenters. The van der Waals surface area contributed by atoms with E-state index in [-0.39, 0.29) is 17.5 Å². The van der Waals surface area contributed by atoms with Gasteiger partial charge in [-0.05, 0) is 56.2 Å². The Labute approximate surface area is 195 Å². The number of carbonyl (C=O) groups excluding carboxylic acids is 1. The van der Waals surface area contributed by atoms with Crippen LogP contribution in [0.2, 0.25) is 5.02 Å². The fraction of sp³-hybridized carbons (Fsp3) is 0.240. The zero-order valence-electron chi connectivity index (χ0n) is 18.4. The van der Waals surface area contributed by atoms with Gasteiger partial charge in [0.1, 0.15) is 6.54 Å². The van der Waals surface area contributed by atoms with Gasteiger partial charge in [0, 0.05) is 5.02 Å². The maximum absolute atomic E-state index is 13.5. The Bertz CT molecular complexity index is 1180. The summed E-state index contributed by atoms with van der Waals surface area (Å²) in [5, 5.41) is 3.36. The number of rotatable bonds is 8. The van der Waals surface area contributed by atoms with Crippen molar-refractivity contribution in [2.75, 3.05) is 10.8 Å². The van der Waals surface area contributed by atoms with Gasteiger partial charge in [0.05, 0.1) is 16.6 Å². The van der Waals surface area contributed by atoms with Crippen LogP contribution >= 0.6 is 11.6 Å². The van der Waals surface area contributed by atoms with E-state index in [1.54, 1.807) is 42.5 Å². The molecule has 1 amide bonds. The van der Waals surface area contributed by atoms with Crippen molar-refractivity contribution in [1.82, 2.24) is 5.32 Å². The van der Waals surface area contributed by atoms with Crippen LogP contribution in [0.1, 0.15) is 36.1 Å². The largest absolute Gasteiger partial charge is 0.348 e. The van der Waals surface area contributed by atoms with Gasteiger partial charge in [-0.15, -0.1) is 0 Å². The van der Waals surface area contributed by atoms with E-state index < -0.39 is 15.9 Å². The third-order valence-electron chi connectivity index (χ3n) is 5.22. The lowest BCUT2D eigenvalue weighted by Gasteiger charge is -2.26. The summed E-state index contributed by atoms with van der Waals surface area (Å²) in [4.78, 5) is 13.1. The highest BCUT2D eigenvalue weighted by atomic mass is 35.5. The Morgan fingerprint density at radius 1 is 0.969 bits per heavy atom. The maximum atomic E-state index is 13.5. The molecule has 1 unspecified atom stereocenters. The average Bonchev–Trinajstić information content (AvgIpc) is 2.76. The van der Waals surface area contributed by atoms with E-state index in [1.807, 2.05) is 45.0 Å². The van der Waals surface area contributed by atoms with Gasteiger partial charge < -0.3 is 5.32 Å². The highest BCUT2D eigenvalue weighted by Gasteiger charge is 2.28. The van der Waals surface area contributed by atoms with Gasteiger partial charge in [-0.3, -0.25) is 9.10 Å². The van der Waals surface area contributed by atoms with E-state index in [4.69, 9.17) is 11.6 Å². The van der Waals surface area contributed by atoms with Gasteiger partial charge in [-0.25, -0.2) is 8.42 Å². The molecule has 5 nitrogen and oxygen atoms in total. The molecule has 3 aromatic rings. The molecule has 0 aromatic heterocycles. The first-order chi connectivity index (χ1) is 15.2. The lowest BCUT2D eigenvalue weighted by molar-refractivity contribution is -0.120. The van der Waals surface area contributed by atoms with Crippen molar-refractivity contribution in [3.63, 3.8) is 0 Å². The molecule has 0 spiro atoms. The Morgan fingerprint density at radius 3 is 2.12 bits per heavy atom. The minimum Gasteiger partial charge on any atom is -0.348 e. The normalized spacial score (nSPS) is 12.2. The highest BCUT2D eigenvalue weighted by molar-refractivity contribution is 7.92. The molecule has 0 fully saturated rings. The molecule has 7 heteroatoms. The van der Waals surface area contributed by atoms with Gasteiger partial charge in [-0.1, -0.05) is 72.1 Å². The molecule has 3 rings (SSSR count). The number of nitrogens with zero attached hydrogens (tertiary/aromatic N) is 1. The molecule has 0 radical (unpaired) electrons. The number of nitrogens with one attached hydrogen (secondary N) is 1. The van der Waals surface area contributed by atoms with Gasteiger partial charge in [0.25, 0.3) is 10.0 Å². The van der Waals surface area contributed by atoms with E-state index in [0.29, 0.717) is 17.1 Å². The Balaban J connectivity index is 1.91. The van der Waals surface area contributed by atoms with Crippen LogP contribution in [0.3, 0.4) is 0 Å². The standard InChI is InChI=1S/C25H27ClN2O3S/c1-4-24(20-12-8-18(2)9-13-20)27-25(29)17-28(22-7-5-6-21(26)16-22)32(30,31)23-14-10-19(3)11-15-23/h5-16,24H,4,17H2,1-3H3,(H,27,29). The summed E-state index contributed by atoms with van der Waals surface area (Å²) in [5.74, 6) is -0.395. The third kappa shape index (κ3) is 5.69. The Kier molecular flexibility index (Phi) is 7.59. The summed E-state index contributed by atoms with van der Waals surface area (Å²) >= 11 is 6.12. The number of hydrogen-bond acceptors (Lipinski definition) is 3. The molecule has 3 aromatic carbocycles. The van der Waals surface area contributed by atoms with Crippen LogP contribution in [0, 0.1) is 13.8 Å². The minimum absolute atomic E-state index is 0.112. The SMILES string of the molecule is CCC(NC(=O)CN(c1cccc(Cl)c1)S(=O)(=O)c1ccc(C)cc1)c1ccc(C)cc1. The number of benzene rings is 3. The zero-order valence-corrected chi connectivity index (χ0v) is 20.0. The molecule has 0 saturated carbocycles. The van der Waals surface area contributed by atoms with Crippen molar-refractivity contribution in [3.05, 3.63) is 94.5 Å². The smallest absolute Gasteiger partial charge is 0.264 e. The second-order valence-electron chi connectivity index (χ2n) is 7.74. The van der Waals surface area contributed by atoms with Gasteiger partial charge in [0.2, 0.25) is 5.91 Å². The summed E-state index contributed by atoms with van der Waals surface area (Å²) in [7, 11) is -3.98. The van der Waals surface area contributed by atoms with Crippen LogP contribution in [0.5, 0.6) is 0 Å². The first-order valence-electron chi connectivity index (χ1n) is 10.4. The number of carbonyl (C=O) groups is 1. The second kappa shape index (κ2) is 10.2. The van der Waals surface area contributed by atoms with Crippen molar-refractivity contribution < 1.29 is 13.2 Å². The van der Waals surface area contributed by atoms with E-state index in [2.05, 4.69) is 5.32 Å². The van der Waals surface area contributed by atoms with Crippen molar-refractivity contribution >= 4 is 33.2 Å². The Hall–Kier alpha value is -2.83. The lowest BCUT2D eigenvalue weighted by Crippen LogP contribution is -2.42. The zero-order chi connectivity index (χ0) is 23.3. The first-order valence-corrected chi connectivity index (χ1v) is 12.2. The number of sulfonamides is 1. The highest BCUT2D eigenvalue weighted by Crippen LogP contribution is 2.26. The molecule has 0 heterocycles. The van der Waals surface area contributed by atoms with E-state index in [1.165, 1.54) is 6.07 Å². The fourth-order valence-corrected chi connectivity index (χ4v) is 4.97. The molecule has 0 saturated heterocycles. The predicted octanol–water partition coefficient (Wildman–Crippen LogP) is 5.42. The van der Waals surface area contributed by atoms with Crippen LogP contribution in [0.4, 0.5) is 5.69 Å². The summed E-state index contributed by atoms with van der Waals surface area (Å²) in [6.07, 6.45) is 0.677. The molecule has 0 aliphatic heterocycles. The van der Waals surface area contributed by atoms with Crippen molar-refractivity contribution in [3.8, 4) is 0 Å². The number of halogens is 1. The van der Waals surface area contributed by atoms with E-state index in [9.17, 15) is 13.2 Å². The molecular formula is C25H27ClN2O3S. The third-order valence-corrected chi connectivity index (χ3v) is 7.24. The van der Waals surface area contributed by atoms with Gasteiger partial charge >= 0.3 is 0 Å². The van der Waals surface area contributed by atoms with Gasteiger partial charge in [-0.2, -0.15) is 0 Å². The average molecular weight is 471 g/mol. The Morgan fingerprint density at radius 2 is 1.56 bits per heavy atom.